The molecular weight excluding hydrogens is 300 g/mol. The van der Waals surface area contributed by atoms with E-state index >= 15 is 0 Å². The molecule has 0 bridgehead atoms. The van der Waals surface area contributed by atoms with E-state index in [9.17, 15) is 10.1 Å². The van der Waals surface area contributed by atoms with Gasteiger partial charge in [0.1, 0.15) is 0 Å². The molecule has 2 rings (SSSR count). The summed E-state index contributed by atoms with van der Waals surface area (Å²) in [6.45, 7) is 1.79. The predicted molar refractivity (Wildman–Crippen MR) is 69.8 cm³/mol. The first-order chi connectivity index (χ1) is 8.58. The third-order valence-corrected chi connectivity index (χ3v) is 2.85. The number of rotatable bonds is 3. The van der Waals surface area contributed by atoms with E-state index in [1.54, 1.807) is 37.4 Å². The Morgan fingerprint density at radius 2 is 2.17 bits per heavy atom. The van der Waals surface area contributed by atoms with E-state index in [1.165, 1.54) is 6.07 Å². The number of hydrogen-bond donors (Lipinski definition) is 0. The molecule has 0 N–H and O–H groups in total. The maximum Gasteiger partial charge on any atom is 0.311 e. The fraction of sp³-hybridized carbons (Fsp3) is 0.0833. The van der Waals surface area contributed by atoms with Crippen LogP contribution in [0.5, 0.6) is 11.6 Å². The summed E-state index contributed by atoms with van der Waals surface area (Å²) in [6, 6.07) is 8.27. The Morgan fingerprint density at radius 1 is 1.39 bits per heavy atom. The topological polar surface area (TPSA) is 65.3 Å². The quantitative estimate of drug-likeness (QED) is 0.638. The molecular formula is C12H9BrN2O3. The number of pyridine rings is 1. The van der Waals surface area contributed by atoms with Crippen LogP contribution in [0.25, 0.3) is 0 Å². The van der Waals surface area contributed by atoms with Crippen LogP contribution < -0.4 is 4.74 Å². The minimum atomic E-state index is -0.473. The van der Waals surface area contributed by atoms with Crippen molar-refractivity contribution in [3.05, 3.63) is 56.7 Å². The lowest BCUT2D eigenvalue weighted by Gasteiger charge is -2.07. The molecule has 0 unspecified atom stereocenters. The van der Waals surface area contributed by atoms with Gasteiger partial charge >= 0.3 is 5.69 Å². The number of nitro groups is 1. The van der Waals surface area contributed by atoms with Crippen LogP contribution in [0.3, 0.4) is 0 Å². The fourth-order valence-corrected chi connectivity index (χ4v) is 1.74. The van der Waals surface area contributed by atoms with E-state index in [0.29, 0.717) is 10.4 Å². The van der Waals surface area contributed by atoms with Crippen molar-refractivity contribution in [3.8, 4) is 11.6 Å². The first-order valence-corrected chi connectivity index (χ1v) is 5.90. The summed E-state index contributed by atoms with van der Waals surface area (Å²) >= 11 is 3.27. The highest BCUT2D eigenvalue weighted by atomic mass is 79.9. The van der Waals surface area contributed by atoms with E-state index in [-0.39, 0.29) is 11.4 Å². The smallest absolute Gasteiger partial charge is 0.311 e. The lowest BCUT2D eigenvalue weighted by molar-refractivity contribution is -0.385. The van der Waals surface area contributed by atoms with Crippen LogP contribution in [0.1, 0.15) is 5.56 Å². The first kappa shape index (κ1) is 12.5. The third kappa shape index (κ3) is 2.65. The number of aromatic nitrogens is 1. The SMILES string of the molecule is Cc1ccc(Oc2ncccc2Br)c([N+](=O)[O-])c1. The third-order valence-electron chi connectivity index (χ3n) is 2.24. The summed E-state index contributed by atoms with van der Waals surface area (Å²) < 4.78 is 6.10. The molecule has 0 aliphatic carbocycles. The molecule has 92 valence electrons. The molecule has 0 saturated carbocycles. The Bertz CT molecular complexity index is 602. The molecule has 0 amide bonds. The second kappa shape index (κ2) is 5.14. The number of benzene rings is 1. The van der Waals surface area contributed by atoms with Gasteiger partial charge < -0.3 is 4.74 Å². The van der Waals surface area contributed by atoms with Gasteiger partial charge in [-0.25, -0.2) is 4.98 Å². The minimum Gasteiger partial charge on any atom is -0.431 e. The first-order valence-electron chi connectivity index (χ1n) is 5.11. The summed E-state index contributed by atoms with van der Waals surface area (Å²) in [5.74, 6) is 0.467. The normalized spacial score (nSPS) is 10.1. The second-order valence-corrected chi connectivity index (χ2v) is 4.48. The number of aryl methyl sites for hydroxylation is 1. The van der Waals surface area contributed by atoms with Crippen LogP contribution in [0.4, 0.5) is 5.69 Å². The van der Waals surface area contributed by atoms with Crippen molar-refractivity contribution in [1.82, 2.24) is 4.98 Å². The van der Waals surface area contributed by atoms with Crippen LogP contribution in [0.2, 0.25) is 0 Å². The average molecular weight is 309 g/mol. The van der Waals surface area contributed by atoms with Crippen molar-refractivity contribution in [2.45, 2.75) is 6.92 Å². The van der Waals surface area contributed by atoms with Gasteiger partial charge in [-0.3, -0.25) is 10.1 Å². The van der Waals surface area contributed by atoms with Crippen molar-refractivity contribution in [1.29, 1.82) is 0 Å². The zero-order valence-electron chi connectivity index (χ0n) is 9.46. The van der Waals surface area contributed by atoms with Crippen LogP contribution in [0, 0.1) is 17.0 Å². The molecule has 0 saturated heterocycles. The Labute approximate surface area is 112 Å². The van der Waals surface area contributed by atoms with E-state index in [4.69, 9.17) is 4.74 Å². The van der Waals surface area contributed by atoms with Gasteiger partial charge in [0.2, 0.25) is 11.6 Å². The molecule has 0 radical (unpaired) electrons. The highest BCUT2D eigenvalue weighted by Crippen LogP contribution is 2.33. The molecule has 0 aliphatic heterocycles. The molecule has 1 aromatic heterocycles. The number of ether oxygens (including phenoxy) is 1. The number of halogens is 1. The van der Waals surface area contributed by atoms with Gasteiger partial charge in [0.15, 0.2) is 0 Å². The molecule has 1 aromatic carbocycles. The summed E-state index contributed by atoms with van der Waals surface area (Å²) in [4.78, 5) is 14.5. The predicted octanol–water partition coefficient (Wildman–Crippen LogP) is 3.85. The summed E-state index contributed by atoms with van der Waals surface area (Å²) in [5, 5.41) is 10.9. The van der Waals surface area contributed by atoms with Crippen molar-refractivity contribution >= 4 is 21.6 Å². The van der Waals surface area contributed by atoms with Crippen molar-refractivity contribution < 1.29 is 9.66 Å². The van der Waals surface area contributed by atoms with Crippen molar-refractivity contribution in [2.75, 3.05) is 0 Å². The highest BCUT2D eigenvalue weighted by Gasteiger charge is 2.17. The van der Waals surface area contributed by atoms with E-state index in [2.05, 4.69) is 20.9 Å². The molecule has 18 heavy (non-hydrogen) atoms. The molecule has 2 aromatic rings. The summed E-state index contributed by atoms with van der Waals surface area (Å²) in [5.41, 5.74) is 0.724. The van der Waals surface area contributed by atoms with E-state index in [0.717, 1.165) is 5.56 Å². The van der Waals surface area contributed by atoms with Crippen LogP contribution >= 0.6 is 15.9 Å². The highest BCUT2D eigenvalue weighted by molar-refractivity contribution is 9.10. The molecule has 0 fully saturated rings. The summed E-state index contributed by atoms with van der Waals surface area (Å²) in [7, 11) is 0. The Hall–Kier alpha value is -1.95. The maximum absolute atomic E-state index is 10.9. The fourth-order valence-electron chi connectivity index (χ4n) is 1.41. The van der Waals surface area contributed by atoms with Gasteiger partial charge in [0.25, 0.3) is 0 Å². The number of nitro benzene ring substituents is 1. The maximum atomic E-state index is 10.9. The van der Waals surface area contributed by atoms with Gasteiger partial charge in [-0.05, 0) is 46.6 Å². The molecule has 0 aliphatic rings. The lowest BCUT2D eigenvalue weighted by Crippen LogP contribution is -1.95. The Kier molecular flexibility index (Phi) is 3.57. The molecule has 5 nitrogen and oxygen atoms in total. The van der Waals surface area contributed by atoms with E-state index < -0.39 is 4.92 Å². The van der Waals surface area contributed by atoms with Crippen molar-refractivity contribution in [2.24, 2.45) is 0 Å². The zero-order chi connectivity index (χ0) is 13.1. The van der Waals surface area contributed by atoms with Crippen LogP contribution in [-0.2, 0) is 0 Å². The Balaban J connectivity index is 2.41. The molecule has 0 atom stereocenters. The van der Waals surface area contributed by atoms with Gasteiger partial charge in [0.05, 0.1) is 9.40 Å². The van der Waals surface area contributed by atoms with Gasteiger partial charge in [-0.1, -0.05) is 6.07 Å². The van der Waals surface area contributed by atoms with Crippen molar-refractivity contribution in [3.63, 3.8) is 0 Å². The lowest BCUT2D eigenvalue weighted by atomic mass is 10.2. The van der Waals surface area contributed by atoms with Gasteiger partial charge in [-0.15, -0.1) is 0 Å². The zero-order valence-corrected chi connectivity index (χ0v) is 11.0. The minimum absolute atomic E-state index is 0.0763. The van der Waals surface area contributed by atoms with Crippen LogP contribution in [0.15, 0.2) is 41.0 Å². The standard InChI is InChI=1S/C12H9BrN2O3/c1-8-4-5-11(10(7-8)15(16)17)18-12-9(13)3-2-6-14-12/h2-7H,1H3. The monoisotopic (exact) mass is 308 g/mol. The van der Waals surface area contributed by atoms with Gasteiger partial charge in [-0.2, -0.15) is 0 Å². The van der Waals surface area contributed by atoms with Crippen LogP contribution in [-0.4, -0.2) is 9.91 Å². The number of hydrogen-bond acceptors (Lipinski definition) is 4. The van der Waals surface area contributed by atoms with Gasteiger partial charge in [0, 0.05) is 12.3 Å². The molecule has 6 heteroatoms. The van der Waals surface area contributed by atoms with E-state index in [1.807, 2.05) is 0 Å². The molecule has 0 spiro atoms. The molecule has 1 heterocycles. The average Bonchev–Trinajstić information content (AvgIpc) is 2.34. The largest absolute Gasteiger partial charge is 0.431 e. The number of nitrogens with zero attached hydrogens (tertiary/aromatic N) is 2. The second-order valence-electron chi connectivity index (χ2n) is 3.62. The Morgan fingerprint density at radius 3 is 2.83 bits per heavy atom. The summed E-state index contributed by atoms with van der Waals surface area (Å²) in [6.07, 6.45) is 1.56.